The smallest absolute Gasteiger partial charge is 0.254 e. The first-order valence-corrected chi connectivity index (χ1v) is 10.7. The van der Waals surface area contributed by atoms with Gasteiger partial charge in [0.05, 0.1) is 5.39 Å². The number of carbonyl (C=O) groups is 1. The fourth-order valence-corrected chi connectivity index (χ4v) is 5.53. The Kier molecular flexibility index (Phi) is 4.38. The molecule has 4 atom stereocenters. The summed E-state index contributed by atoms with van der Waals surface area (Å²) in [5.74, 6) is -1.77. The van der Waals surface area contributed by atoms with Crippen molar-refractivity contribution in [3.8, 4) is 0 Å². The summed E-state index contributed by atoms with van der Waals surface area (Å²) in [7, 11) is 0. The van der Waals surface area contributed by atoms with Gasteiger partial charge in [-0.3, -0.25) is 4.79 Å². The number of alkyl halides is 2. The Bertz CT molecular complexity index is 1000. The molecule has 3 heterocycles. The molecular weight excluding hydrogens is 388 g/mol. The molecule has 1 amide bonds. The van der Waals surface area contributed by atoms with Gasteiger partial charge in [0.15, 0.2) is 0 Å². The topological polar surface area (TPSA) is 73.9 Å². The van der Waals surface area contributed by atoms with Crippen LogP contribution in [-0.4, -0.2) is 50.3 Å². The fourth-order valence-electron chi connectivity index (χ4n) is 5.53. The third-order valence-electron chi connectivity index (χ3n) is 7.44. The van der Waals surface area contributed by atoms with Crippen molar-refractivity contribution in [1.29, 1.82) is 0 Å². The van der Waals surface area contributed by atoms with Gasteiger partial charge in [0, 0.05) is 36.7 Å². The van der Waals surface area contributed by atoms with Crippen LogP contribution in [0.25, 0.3) is 11.0 Å². The Morgan fingerprint density at radius 3 is 2.87 bits per heavy atom. The second kappa shape index (κ2) is 6.75. The molecule has 1 spiro atoms. The van der Waals surface area contributed by atoms with Crippen LogP contribution in [0.2, 0.25) is 0 Å². The van der Waals surface area contributed by atoms with Gasteiger partial charge in [0.1, 0.15) is 17.8 Å². The summed E-state index contributed by atoms with van der Waals surface area (Å²) in [6, 6.07) is 0.241. The SMILES string of the molecule is C=CC(=O)N1C[C@H](Nc2ncnc3[nH]cc([C@H]4CC[C@@]5(C4)CC5(F)F)c23)CC[C@@H]1C. The monoisotopic (exact) mass is 415 g/mol. The minimum absolute atomic E-state index is 0.0217. The van der Waals surface area contributed by atoms with Crippen molar-refractivity contribution in [2.24, 2.45) is 5.41 Å². The van der Waals surface area contributed by atoms with Crippen LogP contribution in [0.5, 0.6) is 0 Å². The highest BCUT2D eigenvalue weighted by Gasteiger charge is 2.72. The average Bonchev–Trinajstić information content (AvgIpc) is 3.10. The largest absolute Gasteiger partial charge is 0.365 e. The molecule has 0 radical (unpaired) electrons. The van der Waals surface area contributed by atoms with Crippen molar-refractivity contribution in [2.75, 3.05) is 11.9 Å². The van der Waals surface area contributed by atoms with Gasteiger partial charge < -0.3 is 15.2 Å². The maximum absolute atomic E-state index is 13.9. The van der Waals surface area contributed by atoms with Gasteiger partial charge in [-0.15, -0.1) is 0 Å². The van der Waals surface area contributed by atoms with E-state index in [-0.39, 0.29) is 30.3 Å². The first-order valence-electron chi connectivity index (χ1n) is 10.7. The highest BCUT2D eigenvalue weighted by atomic mass is 19.3. The van der Waals surface area contributed by atoms with Crippen LogP contribution in [0, 0.1) is 5.41 Å². The van der Waals surface area contributed by atoms with Crippen molar-refractivity contribution in [1.82, 2.24) is 19.9 Å². The number of rotatable bonds is 4. The lowest BCUT2D eigenvalue weighted by Gasteiger charge is -2.38. The molecule has 0 unspecified atom stereocenters. The fraction of sp³-hybridized carbons (Fsp3) is 0.591. The third kappa shape index (κ3) is 2.99. The van der Waals surface area contributed by atoms with E-state index < -0.39 is 11.3 Å². The maximum atomic E-state index is 13.9. The van der Waals surface area contributed by atoms with Crippen LogP contribution in [0.4, 0.5) is 14.6 Å². The minimum Gasteiger partial charge on any atom is -0.365 e. The molecule has 2 aromatic rings. The molecule has 2 N–H and O–H groups in total. The predicted octanol–water partition coefficient (Wildman–Crippen LogP) is 4.23. The van der Waals surface area contributed by atoms with Crippen molar-refractivity contribution in [3.05, 3.63) is 30.7 Å². The van der Waals surface area contributed by atoms with Crippen LogP contribution in [0.15, 0.2) is 25.2 Å². The Labute approximate surface area is 174 Å². The summed E-state index contributed by atoms with van der Waals surface area (Å²) in [5.41, 5.74) is 0.945. The highest BCUT2D eigenvalue weighted by molar-refractivity contribution is 5.91. The molecule has 3 aliphatic rings. The van der Waals surface area contributed by atoms with E-state index in [0.29, 0.717) is 30.9 Å². The van der Waals surface area contributed by atoms with Crippen molar-refractivity contribution >= 4 is 22.8 Å². The lowest BCUT2D eigenvalue weighted by Crippen LogP contribution is -2.49. The van der Waals surface area contributed by atoms with Gasteiger partial charge in [-0.25, -0.2) is 18.7 Å². The van der Waals surface area contributed by atoms with Gasteiger partial charge in [0.25, 0.3) is 5.92 Å². The van der Waals surface area contributed by atoms with Crippen molar-refractivity contribution < 1.29 is 13.6 Å². The lowest BCUT2D eigenvalue weighted by atomic mass is 9.95. The molecule has 1 aliphatic heterocycles. The molecule has 30 heavy (non-hydrogen) atoms. The van der Waals surface area contributed by atoms with Crippen LogP contribution < -0.4 is 5.32 Å². The van der Waals surface area contributed by atoms with Gasteiger partial charge in [-0.1, -0.05) is 6.58 Å². The number of amides is 1. The quantitative estimate of drug-likeness (QED) is 0.733. The molecule has 2 saturated carbocycles. The van der Waals surface area contributed by atoms with Crippen molar-refractivity contribution in [2.45, 2.75) is 69.4 Å². The zero-order valence-electron chi connectivity index (χ0n) is 17.1. The van der Waals surface area contributed by atoms with Gasteiger partial charge in [0.2, 0.25) is 5.91 Å². The number of hydrogen-bond acceptors (Lipinski definition) is 4. The van der Waals surface area contributed by atoms with Crippen LogP contribution in [-0.2, 0) is 4.79 Å². The molecular formula is C22H27F2N5O. The number of H-pyrrole nitrogens is 1. The number of halogens is 2. The zero-order chi connectivity index (χ0) is 21.1. The zero-order valence-corrected chi connectivity index (χ0v) is 17.1. The number of fused-ring (bicyclic) bond motifs is 1. The summed E-state index contributed by atoms with van der Waals surface area (Å²) in [5, 5.41) is 4.40. The predicted molar refractivity (Wildman–Crippen MR) is 110 cm³/mol. The number of anilines is 1. The van der Waals surface area contributed by atoms with E-state index >= 15 is 0 Å². The number of aromatic nitrogens is 3. The normalized spacial score (nSPS) is 32.5. The minimum atomic E-state index is -2.51. The molecule has 0 aromatic carbocycles. The lowest BCUT2D eigenvalue weighted by molar-refractivity contribution is -0.129. The van der Waals surface area contributed by atoms with Crippen molar-refractivity contribution in [3.63, 3.8) is 0 Å². The van der Waals surface area contributed by atoms with Gasteiger partial charge >= 0.3 is 0 Å². The first kappa shape index (κ1) is 19.5. The van der Waals surface area contributed by atoms with E-state index in [2.05, 4.69) is 26.8 Å². The summed E-state index contributed by atoms with van der Waals surface area (Å²) < 4.78 is 27.8. The van der Waals surface area contributed by atoms with E-state index in [4.69, 9.17) is 0 Å². The molecule has 2 aliphatic carbocycles. The van der Waals surface area contributed by atoms with Gasteiger partial charge in [-0.05, 0) is 56.6 Å². The molecule has 2 aromatic heterocycles. The van der Waals surface area contributed by atoms with Crippen LogP contribution in [0.3, 0.4) is 0 Å². The highest BCUT2D eigenvalue weighted by Crippen LogP contribution is 2.71. The van der Waals surface area contributed by atoms with Crippen LogP contribution >= 0.6 is 0 Å². The van der Waals surface area contributed by atoms with E-state index in [1.54, 1.807) is 0 Å². The number of likely N-dealkylation sites (tertiary alicyclic amines) is 1. The van der Waals surface area contributed by atoms with E-state index in [1.165, 1.54) is 12.4 Å². The standard InChI is InChI=1S/C22H27F2N5O/c1-3-17(30)29-10-15(5-4-13(29)2)28-20-18-16(9-25-19(18)26-12-27-20)14-6-7-21(8-14)11-22(21,23)24/h3,9,12-15H,1,4-8,10-11H2,2H3,(H2,25,26,27,28)/t13-,14-,15+,21+/m0/s1. The molecule has 3 fully saturated rings. The maximum Gasteiger partial charge on any atom is 0.254 e. The van der Waals surface area contributed by atoms with E-state index in [1.807, 2.05) is 18.0 Å². The van der Waals surface area contributed by atoms with E-state index in [9.17, 15) is 13.6 Å². The summed E-state index contributed by atoms with van der Waals surface area (Å²) in [6.45, 7) is 6.24. The van der Waals surface area contributed by atoms with E-state index in [0.717, 1.165) is 30.2 Å². The Balaban J connectivity index is 1.40. The second-order valence-corrected chi connectivity index (χ2v) is 9.25. The van der Waals surface area contributed by atoms with Crippen LogP contribution in [0.1, 0.15) is 56.9 Å². The molecule has 5 rings (SSSR count). The second-order valence-electron chi connectivity index (χ2n) is 9.25. The number of nitrogens with zero attached hydrogens (tertiary/aromatic N) is 3. The third-order valence-corrected chi connectivity index (χ3v) is 7.44. The Morgan fingerprint density at radius 2 is 2.17 bits per heavy atom. The summed E-state index contributed by atoms with van der Waals surface area (Å²) >= 11 is 0. The molecule has 0 bridgehead atoms. The Morgan fingerprint density at radius 1 is 1.37 bits per heavy atom. The number of aromatic amines is 1. The molecule has 1 saturated heterocycles. The number of hydrogen-bond donors (Lipinski definition) is 2. The number of piperidine rings is 1. The number of nitrogens with one attached hydrogen (secondary N) is 2. The average molecular weight is 415 g/mol. The van der Waals surface area contributed by atoms with Gasteiger partial charge in [-0.2, -0.15) is 0 Å². The summed E-state index contributed by atoms with van der Waals surface area (Å²) in [6.07, 6.45) is 8.47. The Hall–Kier alpha value is -2.51. The summed E-state index contributed by atoms with van der Waals surface area (Å²) in [4.78, 5) is 26.0. The number of carbonyl (C=O) groups excluding carboxylic acids is 1. The molecule has 160 valence electrons. The molecule has 8 heteroatoms. The first-order chi connectivity index (χ1) is 14.3. The molecule has 6 nitrogen and oxygen atoms in total.